The number of aromatic nitrogens is 1. The zero-order valence-corrected chi connectivity index (χ0v) is 24.6. The highest BCUT2D eigenvalue weighted by Gasteiger charge is 2.53. The Kier molecular flexibility index (Phi) is 4.86. The van der Waals surface area contributed by atoms with E-state index in [1.807, 2.05) is 11.3 Å². The van der Waals surface area contributed by atoms with Crippen LogP contribution in [0, 0.1) is 0 Å². The van der Waals surface area contributed by atoms with Crippen LogP contribution in [0.5, 0.6) is 0 Å². The second-order valence-corrected chi connectivity index (χ2v) is 12.9. The summed E-state index contributed by atoms with van der Waals surface area (Å²) in [4.78, 5) is 6.52. The molecule has 0 bridgehead atoms. The fourth-order valence-electron chi connectivity index (χ4n) is 8.01. The molecular weight excluding hydrogens is 551 g/mol. The first-order valence-electron chi connectivity index (χ1n) is 15.1. The second-order valence-electron chi connectivity index (χ2n) is 11.8. The van der Waals surface area contributed by atoms with Crippen LogP contribution in [-0.2, 0) is 5.41 Å². The van der Waals surface area contributed by atoms with Gasteiger partial charge in [-0.2, -0.15) is 0 Å². The van der Waals surface area contributed by atoms with Crippen molar-refractivity contribution >= 4 is 32.3 Å². The Morgan fingerprint density at radius 2 is 1.09 bits per heavy atom. The molecule has 0 radical (unpaired) electrons. The van der Waals surface area contributed by atoms with Gasteiger partial charge >= 0.3 is 0 Å². The highest BCUT2D eigenvalue weighted by Crippen LogP contribution is 2.67. The molecule has 0 fully saturated rings. The minimum Gasteiger partial charge on any atom is -0.248 e. The van der Waals surface area contributed by atoms with Crippen LogP contribution in [0.1, 0.15) is 22.3 Å². The lowest BCUT2D eigenvalue weighted by molar-refractivity contribution is 0.803. The largest absolute Gasteiger partial charge is 0.248 e. The van der Waals surface area contributed by atoms with Crippen molar-refractivity contribution in [2.45, 2.75) is 5.41 Å². The number of fused-ring (bicyclic) bond motifs is 13. The third-order valence-electron chi connectivity index (χ3n) is 9.69. The van der Waals surface area contributed by atoms with Gasteiger partial charge in [0.25, 0.3) is 0 Å². The Morgan fingerprint density at radius 3 is 1.89 bits per heavy atom. The van der Waals surface area contributed by atoms with Gasteiger partial charge in [-0.15, -0.1) is 11.3 Å². The normalized spacial score (nSPS) is 13.6. The van der Waals surface area contributed by atoms with E-state index in [9.17, 15) is 0 Å². The van der Waals surface area contributed by atoms with Crippen molar-refractivity contribution in [3.05, 3.63) is 174 Å². The maximum atomic E-state index is 5.14. The Morgan fingerprint density at radius 1 is 0.477 bits per heavy atom. The molecule has 0 N–H and O–H groups in total. The summed E-state index contributed by atoms with van der Waals surface area (Å²) >= 11 is 1.94. The van der Waals surface area contributed by atoms with Gasteiger partial charge in [0.1, 0.15) is 0 Å². The van der Waals surface area contributed by atoms with Crippen LogP contribution in [0.2, 0.25) is 0 Å². The van der Waals surface area contributed by atoms with Crippen molar-refractivity contribution in [3.8, 4) is 44.0 Å². The summed E-state index contributed by atoms with van der Waals surface area (Å²) in [6, 6.07) is 55.6. The third kappa shape index (κ3) is 3.01. The smallest absolute Gasteiger partial charge is 0.0740 e. The fraction of sp³-hybridized carbons (Fsp3) is 0.0238. The van der Waals surface area contributed by atoms with Gasteiger partial charge in [0.2, 0.25) is 0 Å². The van der Waals surface area contributed by atoms with Gasteiger partial charge in [-0.25, -0.2) is 4.98 Å². The van der Waals surface area contributed by atoms with Gasteiger partial charge in [-0.3, -0.25) is 0 Å². The Labute approximate surface area is 259 Å². The first-order valence-corrected chi connectivity index (χ1v) is 16.0. The van der Waals surface area contributed by atoms with E-state index in [1.165, 1.54) is 70.4 Å². The number of pyridine rings is 1. The Balaban J connectivity index is 1.38. The van der Waals surface area contributed by atoms with Crippen LogP contribution in [0.4, 0.5) is 0 Å². The standard InChI is InChI=1S/C42H25NS/c1-2-13-26(14-3-1)37-25-32(29-17-6-10-23-36(29)43-37)30-19-12-22-35-39(30)41-40(31-18-7-11-24-38(31)44-41)42(35)33-20-8-4-15-27(33)28-16-5-9-21-34(28)42/h1-25H. The van der Waals surface area contributed by atoms with Crippen molar-refractivity contribution in [1.82, 2.24) is 4.98 Å². The fourth-order valence-corrected chi connectivity index (χ4v) is 9.35. The van der Waals surface area contributed by atoms with E-state index in [2.05, 4.69) is 152 Å². The molecule has 6 aromatic carbocycles. The average molecular weight is 576 g/mol. The molecule has 1 nitrogen and oxygen atoms in total. The number of hydrogen-bond acceptors (Lipinski definition) is 2. The number of benzene rings is 6. The van der Waals surface area contributed by atoms with Crippen molar-refractivity contribution in [2.24, 2.45) is 0 Å². The SMILES string of the molecule is c1ccc(-c2cc(-c3cccc4c3-c3sc5ccccc5c3C43c4ccccc4-c4ccccc43)c3ccccc3n2)cc1. The first kappa shape index (κ1) is 24.2. The molecule has 2 aromatic heterocycles. The van der Waals surface area contributed by atoms with E-state index >= 15 is 0 Å². The molecule has 2 heteroatoms. The maximum Gasteiger partial charge on any atom is 0.0740 e. The Bertz CT molecular complexity index is 2400. The molecule has 2 heterocycles. The third-order valence-corrected chi connectivity index (χ3v) is 10.9. The summed E-state index contributed by atoms with van der Waals surface area (Å²) in [5.74, 6) is 0. The molecule has 2 aliphatic rings. The molecule has 0 atom stereocenters. The van der Waals surface area contributed by atoms with E-state index < -0.39 is 0 Å². The highest BCUT2D eigenvalue weighted by atomic mass is 32.1. The highest BCUT2D eigenvalue weighted by molar-refractivity contribution is 7.22. The molecular formula is C42H25NS. The zero-order chi connectivity index (χ0) is 28.8. The number of hydrogen-bond donors (Lipinski definition) is 0. The quantitative estimate of drug-likeness (QED) is 0.200. The summed E-state index contributed by atoms with van der Waals surface area (Å²) in [6.45, 7) is 0. The topological polar surface area (TPSA) is 12.9 Å². The lowest BCUT2D eigenvalue weighted by Crippen LogP contribution is -2.25. The van der Waals surface area contributed by atoms with Crippen LogP contribution >= 0.6 is 11.3 Å². The summed E-state index contributed by atoms with van der Waals surface area (Å²) in [6.07, 6.45) is 0. The molecule has 0 aliphatic heterocycles. The van der Waals surface area contributed by atoms with Crippen molar-refractivity contribution in [2.75, 3.05) is 0 Å². The molecule has 204 valence electrons. The van der Waals surface area contributed by atoms with Crippen LogP contribution in [0.25, 0.3) is 64.9 Å². The predicted octanol–water partition coefficient (Wildman–Crippen LogP) is 11.1. The molecule has 0 amide bonds. The maximum absolute atomic E-state index is 5.14. The molecule has 0 unspecified atom stereocenters. The van der Waals surface area contributed by atoms with E-state index in [1.54, 1.807) is 0 Å². The van der Waals surface area contributed by atoms with E-state index in [4.69, 9.17) is 4.98 Å². The minimum atomic E-state index is -0.376. The summed E-state index contributed by atoms with van der Waals surface area (Å²) in [5, 5.41) is 2.53. The molecule has 2 aliphatic carbocycles. The molecule has 44 heavy (non-hydrogen) atoms. The van der Waals surface area contributed by atoms with Gasteiger partial charge in [-0.1, -0.05) is 133 Å². The van der Waals surface area contributed by atoms with Gasteiger partial charge in [-0.05, 0) is 68.1 Å². The predicted molar refractivity (Wildman–Crippen MR) is 184 cm³/mol. The van der Waals surface area contributed by atoms with E-state index in [0.29, 0.717) is 0 Å². The molecule has 10 rings (SSSR count). The number of thiophene rings is 1. The minimum absolute atomic E-state index is 0.376. The monoisotopic (exact) mass is 575 g/mol. The lowest BCUT2D eigenvalue weighted by atomic mass is 9.70. The van der Waals surface area contributed by atoms with Crippen molar-refractivity contribution in [1.29, 1.82) is 0 Å². The lowest BCUT2D eigenvalue weighted by Gasteiger charge is -2.30. The molecule has 1 spiro atoms. The van der Waals surface area contributed by atoms with Crippen molar-refractivity contribution in [3.63, 3.8) is 0 Å². The van der Waals surface area contributed by atoms with Gasteiger partial charge < -0.3 is 0 Å². The summed E-state index contributed by atoms with van der Waals surface area (Å²) in [7, 11) is 0. The van der Waals surface area contributed by atoms with Gasteiger partial charge in [0.15, 0.2) is 0 Å². The molecule has 8 aromatic rings. The van der Waals surface area contributed by atoms with Gasteiger partial charge in [0.05, 0.1) is 16.6 Å². The van der Waals surface area contributed by atoms with Crippen LogP contribution < -0.4 is 0 Å². The first-order chi connectivity index (χ1) is 21.8. The number of rotatable bonds is 2. The van der Waals surface area contributed by atoms with Crippen LogP contribution in [-0.4, -0.2) is 4.98 Å². The second kappa shape index (κ2) is 8.86. The van der Waals surface area contributed by atoms with E-state index in [-0.39, 0.29) is 5.41 Å². The van der Waals surface area contributed by atoms with E-state index in [0.717, 1.165) is 16.8 Å². The van der Waals surface area contributed by atoms with Crippen LogP contribution in [0.15, 0.2) is 152 Å². The zero-order valence-electron chi connectivity index (χ0n) is 23.8. The average Bonchev–Trinajstić information content (AvgIpc) is 3.72. The Hall–Kier alpha value is -5.31. The summed E-state index contributed by atoms with van der Waals surface area (Å²) in [5.41, 5.74) is 14.9. The summed E-state index contributed by atoms with van der Waals surface area (Å²) < 4.78 is 1.34. The van der Waals surface area contributed by atoms with Gasteiger partial charge in [0, 0.05) is 26.1 Å². The number of para-hydroxylation sites is 1. The number of nitrogens with zero attached hydrogens (tertiary/aromatic N) is 1. The van der Waals surface area contributed by atoms with Crippen molar-refractivity contribution < 1.29 is 0 Å². The molecule has 0 saturated carbocycles. The van der Waals surface area contributed by atoms with Crippen LogP contribution in [0.3, 0.4) is 0 Å². The molecule has 0 saturated heterocycles.